The first-order valence-electron chi connectivity index (χ1n) is 8.55. The van der Waals surface area contributed by atoms with E-state index in [0.717, 1.165) is 29.7 Å². The number of piperidine rings is 1. The Hall–Kier alpha value is -1.88. The second-order valence-corrected chi connectivity index (χ2v) is 7.00. The molecule has 2 aliphatic heterocycles. The van der Waals surface area contributed by atoms with Crippen molar-refractivity contribution in [3.05, 3.63) is 30.1 Å². The molecule has 0 spiro atoms. The Balaban J connectivity index is 1.51. The number of imidazole rings is 1. The van der Waals surface area contributed by atoms with E-state index in [1.807, 2.05) is 47.7 Å². The summed E-state index contributed by atoms with van der Waals surface area (Å²) in [4.78, 5) is 19.3. The molecule has 2 aliphatic rings. The van der Waals surface area contributed by atoms with E-state index in [1.54, 1.807) is 0 Å². The normalized spacial score (nSPS) is 26.6. The summed E-state index contributed by atoms with van der Waals surface area (Å²) in [5.41, 5.74) is 2.00. The van der Waals surface area contributed by atoms with Crippen LogP contribution in [0.3, 0.4) is 0 Å². The Labute approximate surface area is 136 Å². The number of carbonyl (C=O) groups is 1. The van der Waals surface area contributed by atoms with Gasteiger partial charge in [0.2, 0.25) is 5.91 Å². The largest absolute Gasteiger partial charge is 0.341 e. The van der Waals surface area contributed by atoms with E-state index in [9.17, 15) is 4.79 Å². The maximum Gasteiger partial charge on any atom is 0.242 e. The van der Waals surface area contributed by atoms with Gasteiger partial charge in [0.15, 0.2) is 0 Å². The minimum Gasteiger partial charge on any atom is -0.341 e. The highest BCUT2D eigenvalue weighted by Gasteiger charge is 2.36. The van der Waals surface area contributed by atoms with Gasteiger partial charge in [0.1, 0.15) is 12.4 Å². The highest BCUT2D eigenvalue weighted by molar-refractivity contribution is 5.81. The molecule has 5 nitrogen and oxygen atoms in total. The molecule has 23 heavy (non-hydrogen) atoms. The standard InChI is InChI=1S/C18H24N4O/c1-12-19-16-5-3-4-6-17(16)22(12)11-18(23)21(2)15-9-13-7-8-14(10-15)20-13/h3-6,13-15,20H,7-11H2,1-2H3. The van der Waals surface area contributed by atoms with Crippen LogP contribution in [0.2, 0.25) is 0 Å². The SMILES string of the molecule is Cc1nc2ccccc2n1CC(=O)N(C)C1CC2CCC(C1)N2. The van der Waals surface area contributed by atoms with Crippen molar-refractivity contribution in [2.75, 3.05) is 7.05 Å². The van der Waals surface area contributed by atoms with Crippen LogP contribution in [-0.4, -0.2) is 45.5 Å². The third kappa shape index (κ3) is 2.63. The fraction of sp³-hybridized carbons (Fsp3) is 0.556. The predicted molar refractivity (Wildman–Crippen MR) is 90.2 cm³/mol. The number of hydrogen-bond donors (Lipinski definition) is 1. The van der Waals surface area contributed by atoms with Gasteiger partial charge in [-0.1, -0.05) is 12.1 Å². The summed E-state index contributed by atoms with van der Waals surface area (Å²) in [5.74, 6) is 1.08. The average Bonchev–Trinajstić information content (AvgIpc) is 3.05. The van der Waals surface area contributed by atoms with Crippen molar-refractivity contribution in [3.8, 4) is 0 Å². The molecule has 2 atom stereocenters. The summed E-state index contributed by atoms with van der Waals surface area (Å²) in [5, 5.41) is 3.64. The smallest absolute Gasteiger partial charge is 0.242 e. The van der Waals surface area contributed by atoms with Crippen LogP contribution >= 0.6 is 0 Å². The van der Waals surface area contributed by atoms with Crippen LogP contribution in [0.5, 0.6) is 0 Å². The van der Waals surface area contributed by atoms with Crippen molar-refractivity contribution < 1.29 is 4.79 Å². The Morgan fingerprint density at radius 1 is 1.30 bits per heavy atom. The molecule has 2 bridgehead atoms. The van der Waals surface area contributed by atoms with Gasteiger partial charge >= 0.3 is 0 Å². The summed E-state index contributed by atoms with van der Waals surface area (Å²) in [7, 11) is 1.96. The second kappa shape index (κ2) is 5.64. The van der Waals surface area contributed by atoms with Crippen LogP contribution in [0.4, 0.5) is 0 Å². The lowest BCUT2D eigenvalue weighted by Gasteiger charge is -2.35. The van der Waals surface area contributed by atoms with Crippen LogP contribution < -0.4 is 5.32 Å². The van der Waals surface area contributed by atoms with Gasteiger partial charge < -0.3 is 14.8 Å². The fourth-order valence-electron chi connectivity index (χ4n) is 4.19. The number of nitrogens with one attached hydrogen (secondary N) is 1. The van der Waals surface area contributed by atoms with E-state index in [2.05, 4.69) is 10.3 Å². The number of aryl methyl sites for hydroxylation is 1. The topological polar surface area (TPSA) is 50.2 Å². The lowest BCUT2D eigenvalue weighted by Crippen LogP contribution is -2.49. The van der Waals surface area contributed by atoms with Crippen molar-refractivity contribution in [2.24, 2.45) is 0 Å². The van der Waals surface area contributed by atoms with Crippen molar-refractivity contribution >= 4 is 16.9 Å². The molecule has 0 aliphatic carbocycles. The van der Waals surface area contributed by atoms with Gasteiger partial charge in [0, 0.05) is 25.2 Å². The highest BCUT2D eigenvalue weighted by Crippen LogP contribution is 2.29. The molecule has 0 radical (unpaired) electrons. The van der Waals surface area contributed by atoms with E-state index in [1.165, 1.54) is 12.8 Å². The summed E-state index contributed by atoms with van der Waals surface area (Å²) in [6, 6.07) is 9.59. The lowest BCUT2D eigenvalue weighted by molar-refractivity contribution is -0.133. The van der Waals surface area contributed by atoms with Crippen molar-refractivity contribution in [2.45, 2.75) is 57.3 Å². The third-order valence-corrected chi connectivity index (χ3v) is 5.53. The van der Waals surface area contributed by atoms with Gasteiger partial charge in [-0.2, -0.15) is 0 Å². The summed E-state index contributed by atoms with van der Waals surface area (Å²) >= 11 is 0. The zero-order valence-corrected chi connectivity index (χ0v) is 13.8. The minimum atomic E-state index is 0.183. The molecule has 2 unspecified atom stereocenters. The number of hydrogen-bond acceptors (Lipinski definition) is 3. The minimum absolute atomic E-state index is 0.183. The van der Waals surface area contributed by atoms with Crippen LogP contribution in [0, 0.1) is 6.92 Å². The Bertz CT molecular complexity index is 726. The van der Waals surface area contributed by atoms with Gasteiger partial charge in [-0.25, -0.2) is 4.98 Å². The monoisotopic (exact) mass is 312 g/mol. The second-order valence-electron chi connectivity index (χ2n) is 7.00. The van der Waals surface area contributed by atoms with Crippen molar-refractivity contribution in [1.29, 1.82) is 0 Å². The van der Waals surface area contributed by atoms with Gasteiger partial charge in [0.25, 0.3) is 0 Å². The number of nitrogens with zero attached hydrogens (tertiary/aromatic N) is 3. The number of likely N-dealkylation sites (N-methyl/N-ethyl adjacent to an activating group) is 1. The van der Waals surface area contributed by atoms with Crippen molar-refractivity contribution in [1.82, 2.24) is 19.8 Å². The fourth-order valence-corrected chi connectivity index (χ4v) is 4.19. The molecule has 1 aromatic carbocycles. The molecule has 0 saturated carbocycles. The van der Waals surface area contributed by atoms with Crippen LogP contribution in [0.25, 0.3) is 11.0 Å². The molecule has 5 heteroatoms. The number of aromatic nitrogens is 2. The van der Waals surface area contributed by atoms with Gasteiger partial charge in [0.05, 0.1) is 11.0 Å². The number of fused-ring (bicyclic) bond motifs is 3. The zero-order chi connectivity index (χ0) is 16.0. The molecule has 1 amide bonds. The summed E-state index contributed by atoms with van der Waals surface area (Å²) in [6.45, 7) is 2.35. The van der Waals surface area contributed by atoms with Gasteiger partial charge in [-0.05, 0) is 44.7 Å². The average molecular weight is 312 g/mol. The van der Waals surface area contributed by atoms with Crippen LogP contribution in [-0.2, 0) is 11.3 Å². The van der Waals surface area contributed by atoms with E-state index in [4.69, 9.17) is 0 Å². The lowest BCUT2D eigenvalue weighted by atomic mass is 9.98. The summed E-state index contributed by atoms with van der Waals surface area (Å²) < 4.78 is 2.03. The van der Waals surface area contributed by atoms with E-state index in [0.29, 0.717) is 24.7 Å². The maximum atomic E-state index is 12.8. The van der Waals surface area contributed by atoms with Crippen LogP contribution in [0.1, 0.15) is 31.5 Å². The number of rotatable bonds is 3. The van der Waals surface area contributed by atoms with Gasteiger partial charge in [-0.3, -0.25) is 4.79 Å². The molecule has 2 saturated heterocycles. The Morgan fingerprint density at radius 3 is 2.74 bits per heavy atom. The molecule has 122 valence electrons. The van der Waals surface area contributed by atoms with Gasteiger partial charge in [-0.15, -0.1) is 0 Å². The molecular weight excluding hydrogens is 288 g/mol. The molecule has 4 rings (SSSR count). The first-order valence-corrected chi connectivity index (χ1v) is 8.55. The molecule has 1 aromatic heterocycles. The van der Waals surface area contributed by atoms with E-state index in [-0.39, 0.29) is 5.91 Å². The van der Waals surface area contributed by atoms with Crippen LogP contribution in [0.15, 0.2) is 24.3 Å². The maximum absolute atomic E-state index is 12.8. The Morgan fingerprint density at radius 2 is 2.00 bits per heavy atom. The first kappa shape index (κ1) is 14.7. The Kier molecular flexibility index (Phi) is 3.60. The predicted octanol–water partition coefficient (Wildman–Crippen LogP) is 2.09. The number of para-hydroxylation sites is 2. The number of benzene rings is 1. The molecular formula is C18H24N4O. The highest BCUT2D eigenvalue weighted by atomic mass is 16.2. The van der Waals surface area contributed by atoms with Crippen molar-refractivity contribution in [3.63, 3.8) is 0 Å². The summed E-state index contributed by atoms with van der Waals surface area (Å²) in [6.07, 6.45) is 4.69. The van der Waals surface area contributed by atoms with E-state index >= 15 is 0 Å². The third-order valence-electron chi connectivity index (χ3n) is 5.53. The number of amides is 1. The molecule has 3 heterocycles. The van der Waals surface area contributed by atoms with E-state index < -0.39 is 0 Å². The molecule has 2 fully saturated rings. The number of carbonyl (C=O) groups excluding carboxylic acids is 1. The first-order chi connectivity index (χ1) is 11.1. The molecule has 1 N–H and O–H groups in total. The quantitative estimate of drug-likeness (QED) is 0.944. The molecule has 2 aromatic rings. The zero-order valence-electron chi connectivity index (χ0n) is 13.8.